The van der Waals surface area contributed by atoms with Gasteiger partial charge in [-0.3, -0.25) is 4.72 Å². The summed E-state index contributed by atoms with van der Waals surface area (Å²) in [5.41, 5.74) is 0.501. The first-order valence-corrected chi connectivity index (χ1v) is 6.53. The van der Waals surface area contributed by atoms with Crippen molar-refractivity contribution in [2.75, 3.05) is 23.7 Å². The molecule has 1 aromatic rings. The van der Waals surface area contributed by atoms with E-state index < -0.39 is 15.3 Å². The van der Waals surface area contributed by atoms with Crippen LogP contribution in [0.3, 0.4) is 0 Å². The lowest BCUT2D eigenvalue weighted by molar-refractivity contribution is 0.592. The summed E-state index contributed by atoms with van der Waals surface area (Å²) in [6.45, 7) is 3.27. The molecule has 1 heterocycles. The highest BCUT2D eigenvalue weighted by Gasteiger charge is 2.18. The van der Waals surface area contributed by atoms with Crippen LogP contribution in [0.5, 0.6) is 0 Å². The molecule has 0 saturated heterocycles. The number of hydrogen-bond donors (Lipinski definition) is 1. The van der Waals surface area contributed by atoms with Gasteiger partial charge in [0.2, 0.25) is 10.0 Å². The molecule has 1 aromatic heterocycles. The standard InChI is InChI=1S/C10H17N3O2S/c1-8(2)16(14,15)12-9-6-5-7-11-10(9)13(3)4/h5-8,12H,1-4H3. The fourth-order valence-corrected chi connectivity index (χ4v) is 1.81. The lowest BCUT2D eigenvalue weighted by Crippen LogP contribution is -2.24. The third-order valence-corrected chi connectivity index (χ3v) is 3.83. The molecule has 0 radical (unpaired) electrons. The van der Waals surface area contributed by atoms with Crippen LogP contribution < -0.4 is 9.62 Å². The largest absolute Gasteiger partial charge is 0.361 e. The molecular weight excluding hydrogens is 226 g/mol. The van der Waals surface area contributed by atoms with E-state index in [-0.39, 0.29) is 0 Å². The zero-order valence-corrected chi connectivity index (χ0v) is 10.7. The van der Waals surface area contributed by atoms with Gasteiger partial charge in [0.25, 0.3) is 0 Å². The summed E-state index contributed by atoms with van der Waals surface area (Å²) < 4.78 is 26.0. The summed E-state index contributed by atoms with van der Waals surface area (Å²) in [5, 5.41) is -0.470. The highest BCUT2D eigenvalue weighted by Crippen LogP contribution is 2.22. The molecule has 0 bridgehead atoms. The minimum absolute atomic E-state index is 0.470. The molecule has 0 spiro atoms. The summed E-state index contributed by atoms with van der Waals surface area (Å²) in [6.07, 6.45) is 1.63. The first-order valence-electron chi connectivity index (χ1n) is 4.98. The Morgan fingerprint density at radius 2 is 2.00 bits per heavy atom. The van der Waals surface area contributed by atoms with E-state index in [2.05, 4.69) is 9.71 Å². The Kier molecular flexibility index (Phi) is 3.74. The maximum Gasteiger partial charge on any atom is 0.235 e. The van der Waals surface area contributed by atoms with E-state index >= 15 is 0 Å². The van der Waals surface area contributed by atoms with E-state index in [1.165, 1.54) is 0 Å². The highest BCUT2D eigenvalue weighted by molar-refractivity contribution is 7.93. The number of hydrogen-bond acceptors (Lipinski definition) is 4. The van der Waals surface area contributed by atoms with Gasteiger partial charge in [-0.1, -0.05) is 0 Å². The van der Waals surface area contributed by atoms with Crippen molar-refractivity contribution in [2.24, 2.45) is 0 Å². The van der Waals surface area contributed by atoms with E-state index in [4.69, 9.17) is 0 Å². The molecule has 0 aliphatic heterocycles. The number of aromatic nitrogens is 1. The van der Waals surface area contributed by atoms with Crippen LogP contribution in [0.4, 0.5) is 11.5 Å². The highest BCUT2D eigenvalue weighted by atomic mass is 32.2. The molecule has 1 N–H and O–H groups in total. The lowest BCUT2D eigenvalue weighted by atomic mass is 10.4. The Hall–Kier alpha value is -1.30. The topological polar surface area (TPSA) is 62.3 Å². The summed E-state index contributed by atoms with van der Waals surface area (Å²) in [7, 11) is 0.306. The molecule has 0 fully saturated rings. The number of pyridine rings is 1. The SMILES string of the molecule is CC(C)S(=O)(=O)Nc1cccnc1N(C)C. The molecule has 1 rings (SSSR count). The Bertz CT molecular complexity index is 455. The molecule has 0 unspecified atom stereocenters. The van der Waals surface area contributed by atoms with Gasteiger partial charge in [0.15, 0.2) is 5.82 Å². The average molecular weight is 243 g/mol. The van der Waals surface area contributed by atoms with Crippen molar-refractivity contribution < 1.29 is 8.42 Å². The molecule has 0 atom stereocenters. The monoisotopic (exact) mass is 243 g/mol. The summed E-state index contributed by atoms with van der Waals surface area (Å²) in [4.78, 5) is 5.88. The second-order valence-corrected chi connectivity index (χ2v) is 6.20. The Morgan fingerprint density at radius 1 is 1.38 bits per heavy atom. The van der Waals surface area contributed by atoms with Gasteiger partial charge in [0.1, 0.15) is 0 Å². The van der Waals surface area contributed by atoms with Crippen LogP contribution in [-0.4, -0.2) is 32.7 Å². The molecule has 5 nitrogen and oxygen atoms in total. The summed E-state index contributed by atoms with van der Waals surface area (Å²) in [6, 6.07) is 3.40. The van der Waals surface area contributed by atoms with Crippen molar-refractivity contribution in [2.45, 2.75) is 19.1 Å². The maximum absolute atomic E-state index is 11.7. The van der Waals surface area contributed by atoms with Gasteiger partial charge in [-0.15, -0.1) is 0 Å². The van der Waals surface area contributed by atoms with Crippen molar-refractivity contribution >= 4 is 21.5 Å². The van der Waals surface area contributed by atoms with Crippen molar-refractivity contribution in [3.8, 4) is 0 Å². The van der Waals surface area contributed by atoms with E-state index in [0.717, 1.165) is 0 Å². The second-order valence-electron chi connectivity index (χ2n) is 3.96. The number of rotatable bonds is 4. The lowest BCUT2D eigenvalue weighted by Gasteiger charge is -2.17. The molecule has 0 amide bonds. The van der Waals surface area contributed by atoms with Gasteiger partial charge >= 0.3 is 0 Å². The zero-order valence-electron chi connectivity index (χ0n) is 9.93. The van der Waals surface area contributed by atoms with E-state index in [9.17, 15) is 8.42 Å². The fraction of sp³-hybridized carbons (Fsp3) is 0.500. The third kappa shape index (κ3) is 2.85. The molecule has 6 heteroatoms. The smallest absolute Gasteiger partial charge is 0.235 e. The number of sulfonamides is 1. The van der Waals surface area contributed by atoms with Gasteiger partial charge in [-0.25, -0.2) is 13.4 Å². The summed E-state index contributed by atoms with van der Waals surface area (Å²) >= 11 is 0. The van der Waals surface area contributed by atoms with Crippen LogP contribution in [0.2, 0.25) is 0 Å². The van der Waals surface area contributed by atoms with Crippen LogP contribution in [0.15, 0.2) is 18.3 Å². The van der Waals surface area contributed by atoms with E-state index in [1.807, 2.05) is 14.1 Å². The molecular formula is C10H17N3O2S. The van der Waals surface area contributed by atoms with Crippen LogP contribution in [0.1, 0.15) is 13.8 Å². The van der Waals surface area contributed by atoms with Crippen molar-refractivity contribution in [3.63, 3.8) is 0 Å². The molecule has 16 heavy (non-hydrogen) atoms. The van der Waals surface area contributed by atoms with Gasteiger partial charge in [0.05, 0.1) is 10.9 Å². The number of anilines is 2. The molecule has 90 valence electrons. The molecule has 0 aromatic carbocycles. The van der Waals surface area contributed by atoms with E-state index in [1.54, 1.807) is 37.1 Å². The second kappa shape index (κ2) is 4.69. The average Bonchev–Trinajstić information content (AvgIpc) is 2.17. The third-order valence-electron chi connectivity index (χ3n) is 2.08. The van der Waals surface area contributed by atoms with Gasteiger partial charge in [0, 0.05) is 20.3 Å². The van der Waals surface area contributed by atoms with Crippen LogP contribution >= 0.6 is 0 Å². The van der Waals surface area contributed by atoms with Gasteiger partial charge < -0.3 is 4.90 Å². The zero-order chi connectivity index (χ0) is 12.3. The predicted molar refractivity (Wildman–Crippen MR) is 66.2 cm³/mol. The van der Waals surface area contributed by atoms with Crippen LogP contribution in [0, 0.1) is 0 Å². The summed E-state index contributed by atoms with van der Waals surface area (Å²) in [5.74, 6) is 0.603. The first-order chi connectivity index (χ1) is 7.34. The fourth-order valence-electron chi connectivity index (χ4n) is 1.10. The Balaban J connectivity index is 3.07. The van der Waals surface area contributed by atoms with Crippen LogP contribution in [-0.2, 0) is 10.0 Å². The molecule has 0 aliphatic carbocycles. The minimum atomic E-state index is -3.32. The Morgan fingerprint density at radius 3 is 2.50 bits per heavy atom. The van der Waals surface area contributed by atoms with E-state index in [0.29, 0.717) is 11.5 Å². The van der Waals surface area contributed by atoms with Gasteiger partial charge in [-0.2, -0.15) is 0 Å². The van der Waals surface area contributed by atoms with Gasteiger partial charge in [-0.05, 0) is 26.0 Å². The normalized spacial score (nSPS) is 11.6. The quantitative estimate of drug-likeness (QED) is 0.865. The van der Waals surface area contributed by atoms with Crippen molar-refractivity contribution in [1.82, 2.24) is 4.98 Å². The molecule has 0 aliphatic rings. The maximum atomic E-state index is 11.7. The van der Waals surface area contributed by atoms with Crippen molar-refractivity contribution in [1.29, 1.82) is 0 Å². The van der Waals surface area contributed by atoms with Crippen LogP contribution in [0.25, 0.3) is 0 Å². The minimum Gasteiger partial charge on any atom is -0.361 e. The Labute approximate surface area is 96.5 Å². The number of nitrogens with zero attached hydrogens (tertiary/aromatic N) is 2. The first kappa shape index (κ1) is 12.8. The molecule has 0 saturated carbocycles. The predicted octanol–water partition coefficient (Wildman–Crippen LogP) is 1.30. The number of nitrogens with one attached hydrogen (secondary N) is 1. The van der Waals surface area contributed by atoms with Crippen molar-refractivity contribution in [3.05, 3.63) is 18.3 Å².